The molecule has 1 saturated heterocycles. The number of nitrogens with zero attached hydrogens (tertiary/aromatic N) is 1. The van der Waals surface area contributed by atoms with Crippen LogP contribution in [0.1, 0.15) is 38.5 Å². The van der Waals surface area contributed by atoms with Crippen LogP contribution >= 0.6 is 0 Å². The molecule has 1 unspecified atom stereocenters. The lowest BCUT2D eigenvalue weighted by Crippen LogP contribution is -2.34. The molecule has 2 fully saturated rings. The normalized spacial score (nSPS) is 29.1. The average molecular weight is 196 g/mol. The van der Waals surface area contributed by atoms with Crippen molar-refractivity contribution >= 4 is 0 Å². The summed E-state index contributed by atoms with van der Waals surface area (Å²) in [5.74, 6) is 1.05. The zero-order chi connectivity index (χ0) is 9.80. The minimum absolute atomic E-state index is 0.816. The molecule has 0 aromatic rings. The van der Waals surface area contributed by atoms with E-state index in [1.54, 1.807) is 0 Å². The van der Waals surface area contributed by atoms with Gasteiger partial charge in [-0.2, -0.15) is 0 Å². The first-order chi connectivity index (χ1) is 6.86. The molecule has 2 aliphatic rings. The van der Waals surface area contributed by atoms with Crippen LogP contribution in [0.5, 0.6) is 0 Å². The molecule has 1 heterocycles. The van der Waals surface area contributed by atoms with Crippen molar-refractivity contribution in [3.63, 3.8) is 0 Å². The number of hydrogen-bond acceptors (Lipinski definition) is 2. The maximum Gasteiger partial charge on any atom is 0.0229 e. The summed E-state index contributed by atoms with van der Waals surface area (Å²) in [5.41, 5.74) is 0. The lowest BCUT2D eigenvalue weighted by molar-refractivity contribution is 0.237. The van der Waals surface area contributed by atoms with Gasteiger partial charge in [0.2, 0.25) is 0 Å². The first-order valence-electron chi connectivity index (χ1n) is 6.27. The van der Waals surface area contributed by atoms with Gasteiger partial charge in [-0.1, -0.05) is 25.7 Å². The fraction of sp³-hybridized carbons (Fsp3) is 1.00. The Balaban J connectivity index is 1.63. The van der Waals surface area contributed by atoms with Crippen LogP contribution in [-0.2, 0) is 0 Å². The molecule has 0 amide bonds. The summed E-state index contributed by atoms with van der Waals surface area (Å²) < 4.78 is 0. The highest BCUT2D eigenvalue weighted by molar-refractivity contribution is 4.79. The highest BCUT2D eigenvalue weighted by Gasteiger charge is 2.21. The molecular weight excluding hydrogens is 172 g/mol. The second kappa shape index (κ2) is 5.13. The minimum atomic E-state index is 0.816. The summed E-state index contributed by atoms with van der Waals surface area (Å²) in [6.07, 6.45) is 8.75. The molecule has 82 valence electrons. The van der Waals surface area contributed by atoms with Crippen molar-refractivity contribution in [2.75, 3.05) is 26.7 Å². The van der Waals surface area contributed by atoms with Crippen LogP contribution in [0.3, 0.4) is 0 Å². The molecule has 0 radical (unpaired) electrons. The van der Waals surface area contributed by atoms with Crippen molar-refractivity contribution in [1.29, 1.82) is 0 Å². The van der Waals surface area contributed by atoms with E-state index in [0.717, 1.165) is 12.0 Å². The smallest absolute Gasteiger partial charge is 0.0229 e. The van der Waals surface area contributed by atoms with Crippen molar-refractivity contribution in [2.45, 2.75) is 44.6 Å². The van der Waals surface area contributed by atoms with Gasteiger partial charge in [0.1, 0.15) is 0 Å². The molecule has 1 aliphatic heterocycles. The van der Waals surface area contributed by atoms with Gasteiger partial charge in [-0.15, -0.1) is 0 Å². The third-order valence-corrected chi connectivity index (χ3v) is 4.02. The fourth-order valence-electron chi connectivity index (χ4n) is 2.88. The monoisotopic (exact) mass is 196 g/mol. The molecule has 14 heavy (non-hydrogen) atoms. The maximum atomic E-state index is 3.44. The highest BCUT2D eigenvalue weighted by Crippen LogP contribution is 2.27. The SMILES string of the molecule is CN(CCC1CCCC1)C1CCNC1. The topological polar surface area (TPSA) is 15.3 Å². The Kier molecular flexibility index (Phi) is 3.82. The van der Waals surface area contributed by atoms with Gasteiger partial charge >= 0.3 is 0 Å². The zero-order valence-corrected chi connectivity index (χ0v) is 9.47. The predicted molar refractivity (Wildman–Crippen MR) is 60.5 cm³/mol. The zero-order valence-electron chi connectivity index (χ0n) is 9.47. The van der Waals surface area contributed by atoms with Crippen LogP contribution in [-0.4, -0.2) is 37.6 Å². The fourth-order valence-corrected chi connectivity index (χ4v) is 2.88. The summed E-state index contributed by atoms with van der Waals surface area (Å²) in [6.45, 7) is 3.75. The summed E-state index contributed by atoms with van der Waals surface area (Å²) in [6, 6.07) is 0.816. The molecule has 2 rings (SSSR count). The highest BCUT2D eigenvalue weighted by atomic mass is 15.2. The number of hydrogen-bond donors (Lipinski definition) is 1. The van der Waals surface area contributed by atoms with Gasteiger partial charge in [0.15, 0.2) is 0 Å². The van der Waals surface area contributed by atoms with E-state index in [1.165, 1.54) is 58.2 Å². The molecule has 2 heteroatoms. The van der Waals surface area contributed by atoms with Crippen molar-refractivity contribution in [3.8, 4) is 0 Å². The quantitative estimate of drug-likeness (QED) is 0.738. The molecular formula is C12H24N2. The van der Waals surface area contributed by atoms with E-state index >= 15 is 0 Å². The molecule has 0 aromatic heterocycles. The number of nitrogens with one attached hydrogen (secondary N) is 1. The summed E-state index contributed by atoms with van der Waals surface area (Å²) >= 11 is 0. The molecule has 1 aliphatic carbocycles. The molecule has 1 N–H and O–H groups in total. The Morgan fingerprint density at radius 2 is 2.00 bits per heavy atom. The largest absolute Gasteiger partial charge is 0.315 e. The summed E-state index contributed by atoms with van der Waals surface area (Å²) in [4.78, 5) is 2.57. The molecule has 0 bridgehead atoms. The average Bonchev–Trinajstić information content (AvgIpc) is 2.87. The van der Waals surface area contributed by atoms with Crippen LogP contribution in [0.2, 0.25) is 0 Å². The van der Waals surface area contributed by atoms with Gasteiger partial charge in [-0.05, 0) is 38.9 Å². The van der Waals surface area contributed by atoms with E-state index in [4.69, 9.17) is 0 Å². The van der Waals surface area contributed by atoms with E-state index in [0.29, 0.717) is 0 Å². The summed E-state index contributed by atoms with van der Waals surface area (Å²) in [7, 11) is 2.30. The third-order valence-electron chi connectivity index (χ3n) is 4.02. The van der Waals surface area contributed by atoms with Crippen molar-refractivity contribution in [2.24, 2.45) is 5.92 Å². The van der Waals surface area contributed by atoms with Crippen molar-refractivity contribution < 1.29 is 0 Å². The molecule has 0 spiro atoms. The van der Waals surface area contributed by atoms with Gasteiger partial charge in [0, 0.05) is 12.6 Å². The van der Waals surface area contributed by atoms with E-state index < -0.39 is 0 Å². The van der Waals surface area contributed by atoms with E-state index in [2.05, 4.69) is 17.3 Å². The van der Waals surface area contributed by atoms with Crippen LogP contribution < -0.4 is 5.32 Å². The second-order valence-electron chi connectivity index (χ2n) is 5.07. The minimum Gasteiger partial charge on any atom is -0.315 e. The number of rotatable bonds is 4. The Morgan fingerprint density at radius 3 is 2.64 bits per heavy atom. The van der Waals surface area contributed by atoms with Crippen LogP contribution in [0.25, 0.3) is 0 Å². The molecule has 2 nitrogen and oxygen atoms in total. The first kappa shape index (κ1) is 10.4. The van der Waals surface area contributed by atoms with Gasteiger partial charge in [0.05, 0.1) is 0 Å². The Morgan fingerprint density at radius 1 is 1.21 bits per heavy atom. The van der Waals surface area contributed by atoms with Gasteiger partial charge < -0.3 is 10.2 Å². The number of likely N-dealkylation sites (N-methyl/N-ethyl adjacent to an activating group) is 1. The molecule has 1 atom stereocenters. The van der Waals surface area contributed by atoms with Gasteiger partial charge in [-0.3, -0.25) is 0 Å². The van der Waals surface area contributed by atoms with Crippen molar-refractivity contribution in [3.05, 3.63) is 0 Å². The van der Waals surface area contributed by atoms with Crippen LogP contribution in [0.4, 0.5) is 0 Å². The lowest BCUT2D eigenvalue weighted by atomic mass is 10.0. The second-order valence-corrected chi connectivity index (χ2v) is 5.07. The maximum absolute atomic E-state index is 3.44. The standard InChI is InChI=1S/C12H24N2/c1-14(12-6-8-13-10-12)9-7-11-4-2-3-5-11/h11-13H,2-10H2,1H3. The third kappa shape index (κ3) is 2.71. The Bertz CT molecular complexity index is 158. The Labute approximate surface area is 88.1 Å². The van der Waals surface area contributed by atoms with Gasteiger partial charge in [-0.25, -0.2) is 0 Å². The van der Waals surface area contributed by atoms with Crippen LogP contribution in [0, 0.1) is 5.92 Å². The first-order valence-corrected chi connectivity index (χ1v) is 6.27. The van der Waals surface area contributed by atoms with Gasteiger partial charge in [0.25, 0.3) is 0 Å². The van der Waals surface area contributed by atoms with Crippen molar-refractivity contribution in [1.82, 2.24) is 10.2 Å². The van der Waals surface area contributed by atoms with Crippen LogP contribution in [0.15, 0.2) is 0 Å². The van der Waals surface area contributed by atoms with E-state index in [-0.39, 0.29) is 0 Å². The lowest BCUT2D eigenvalue weighted by Gasteiger charge is -2.24. The molecule has 1 saturated carbocycles. The predicted octanol–water partition coefficient (Wildman–Crippen LogP) is 1.86. The molecule has 0 aromatic carbocycles. The Hall–Kier alpha value is -0.0800. The van der Waals surface area contributed by atoms with E-state index in [9.17, 15) is 0 Å². The summed E-state index contributed by atoms with van der Waals surface area (Å²) in [5, 5.41) is 3.44. The van der Waals surface area contributed by atoms with E-state index in [1.807, 2.05) is 0 Å².